The van der Waals surface area contributed by atoms with Gasteiger partial charge in [0, 0.05) is 11.1 Å². The number of carbonyl (C=O) groups is 1. The Morgan fingerprint density at radius 2 is 2.18 bits per heavy atom. The lowest BCUT2D eigenvalue weighted by Gasteiger charge is -2.25. The largest absolute Gasteiger partial charge is 0.474 e. The molecule has 0 fully saturated rings. The Hall–Kier alpha value is -2.00. The highest BCUT2D eigenvalue weighted by atomic mass is 31.0. The normalized spacial score (nSPS) is 16.8. The minimum atomic E-state index is -0.658. The molecule has 2 N–H and O–H groups in total. The first-order valence-corrected chi connectivity index (χ1v) is 7.59. The van der Waals surface area contributed by atoms with Crippen molar-refractivity contribution in [3.05, 3.63) is 41.3 Å². The van der Waals surface area contributed by atoms with Gasteiger partial charge in [-0.3, -0.25) is 4.79 Å². The molecular formula is C16H16FN2O2P. The molecule has 0 saturated heterocycles. The summed E-state index contributed by atoms with van der Waals surface area (Å²) in [7, 11) is 2.45. The van der Waals surface area contributed by atoms with Crippen molar-refractivity contribution in [3.8, 4) is 17.0 Å². The fourth-order valence-electron chi connectivity index (χ4n) is 2.60. The third-order valence-corrected chi connectivity index (χ3v) is 4.09. The molecule has 0 radical (unpaired) electrons. The van der Waals surface area contributed by atoms with Gasteiger partial charge in [-0.25, -0.2) is 9.37 Å². The lowest BCUT2D eigenvalue weighted by molar-refractivity contribution is 0.0992. The quantitative estimate of drug-likeness (QED) is 0.863. The number of hydrogen-bond donors (Lipinski definition) is 1. The second kappa shape index (κ2) is 5.65. The number of pyridine rings is 1. The highest BCUT2D eigenvalue weighted by molar-refractivity contribution is 7.27. The van der Waals surface area contributed by atoms with Gasteiger partial charge in [-0.05, 0) is 42.8 Å². The molecule has 22 heavy (non-hydrogen) atoms. The Balaban J connectivity index is 2.23. The molecule has 1 amide bonds. The number of amides is 1. The van der Waals surface area contributed by atoms with Crippen molar-refractivity contribution >= 4 is 20.5 Å². The van der Waals surface area contributed by atoms with Crippen LogP contribution in [0, 0.1) is 5.82 Å². The predicted molar refractivity (Wildman–Crippen MR) is 85.9 cm³/mol. The molecule has 0 bridgehead atoms. The summed E-state index contributed by atoms with van der Waals surface area (Å²) in [6.45, 7) is 1.94. The van der Waals surface area contributed by atoms with Crippen molar-refractivity contribution in [1.29, 1.82) is 0 Å². The van der Waals surface area contributed by atoms with Crippen LogP contribution in [0.3, 0.4) is 0 Å². The number of nitrogens with two attached hydrogens (primary N) is 1. The topological polar surface area (TPSA) is 65.2 Å². The molecule has 0 spiro atoms. The highest BCUT2D eigenvalue weighted by Gasteiger charge is 2.24. The number of hydrogen-bond acceptors (Lipinski definition) is 3. The zero-order valence-electron chi connectivity index (χ0n) is 12.1. The van der Waals surface area contributed by atoms with Gasteiger partial charge in [0.15, 0.2) is 0 Å². The minimum Gasteiger partial charge on any atom is -0.474 e. The molecule has 6 heteroatoms. The van der Waals surface area contributed by atoms with Crippen LogP contribution < -0.4 is 15.8 Å². The van der Waals surface area contributed by atoms with E-state index in [2.05, 4.69) is 14.2 Å². The first-order valence-electron chi connectivity index (χ1n) is 7.01. The Bertz CT molecular complexity index is 764. The van der Waals surface area contributed by atoms with Crippen LogP contribution in [-0.4, -0.2) is 17.0 Å². The van der Waals surface area contributed by atoms with Gasteiger partial charge >= 0.3 is 0 Å². The van der Waals surface area contributed by atoms with Crippen LogP contribution in [0.4, 0.5) is 4.39 Å². The number of fused-ring (bicyclic) bond motifs is 1. The van der Waals surface area contributed by atoms with E-state index in [0.29, 0.717) is 17.0 Å². The molecule has 2 atom stereocenters. The fourth-order valence-corrected chi connectivity index (χ4v) is 2.84. The molecule has 114 valence electrons. The molecule has 2 aromatic rings. The van der Waals surface area contributed by atoms with E-state index in [4.69, 9.17) is 10.5 Å². The third kappa shape index (κ3) is 2.69. The fraction of sp³-hybridized carbons (Fsp3) is 0.250. The van der Waals surface area contributed by atoms with Gasteiger partial charge < -0.3 is 10.5 Å². The molecule has 3 rings (SSSR count). The molecule has 0 saturated carbocycles. The second-order valence-electron chi connectivity index (χ2n) is 5.41. The van der Waals surface area contributed by atoms with Crippen LogP contribution in [0.5, 0.6) is 5.88 Å². The smallest absolute Gasteiger partial charge is 0.267 e. The summed E-state index contributed by atoms with van der Waals surface area (Å²) in [5.41, 5.74) is 7.28. The summed E-state index contributed by atoms with van der Waals surface area (Å²) in [6, 6.07) is 6.46. The average Bonchev–Trinajstić information content (AvgIpc) is 2.45. The van der Waals surface area contributed by atoms with Gasteiger partial charge in [-0.15, -0.1) is 9.24 Å². The maximum Gasteiger partial charge on any atom is 0.267 e. The first kappa shape index (κ1) is 14.9. The van der Waals surface area contributed by atoms with Crippen molar-refractivity contribution < 1.29 is 13.9 Å². The van der Waals surface area contributed by atoms with Crippen LogP contribution in [0.15, 0.2) is 24.3 Å². The zero-order chi connectivity index (χ0) is 15.9. The molecule has 1 aromatic carbocycles. The van der Waals surface area contributed by atoms with Crippen LogP contribution in [0.2, 0.25) is 0 Å². The molecular weight excluding hydrogens is 302 g/mol. The van der Waals surface area contributed by atoms with E-state index in [9.17, 15) is 9.18 Å². The monoisotopic (exact) mass is 318 g/mol. The third-order valence-electron chi connectivity index (χ3n) is 3.74. The van der Waals surface area contributed by atoms with E-state index in [1.54, 1.807) is 18.2 Å². The Kier molecular flexibility index (Phi) is 3.83. The van der Waals surface area contributed by atoms with Crippen molar-refractivity contribution in [2.45, 2.75) is 25.9 Å². The van der Waals surface area contributed by atoms with Gasteiger partial charge in [0.2, 0.25) is 5.88 Å². The van der Waals surface area contributed by atoms with E-state index >= 15 is 0 Å². The molecule has 0 aliphatic carbocycles. The Morgan fingerprint density at radius 1 is 1.41 bits per heavy atom. The molecule has 1 aromatic heterocycles. The van der Waals surface area contributed by atoms with E-state index in [0.717, 1.165) is 23.7 Å². The van der Waals surface area contributed by atoms with Gasteiger partial charge in [-0.1, -0.05) is 12.1 Å². The predicted octanol–water partition coefficient (Wildman–Crippen LogP) is 2.20. The van der Waals surface area contributed by atoms with E-state index in [-0.39, 0.29) is 17.6 Å². The Morgan fingerprint density at radius 3 is 2.86 bits per heavy atom. The van der Waals surface area contributed by atoms with Crippen LogP contribution in [0.25, 0.3) is 11.1 Å². The van der Waals surface area contributed by atoms with Gasteiger partial charge in [0.25, 0.3) is 5.91 Å². The number of rotatable bonds is 2. The minimum absolute atomic E-state index is 0.00948. The maximum atomic E-state index is 14.3. The molecule has 1 aliphatic rings. The number of halogens is 1. The van der Waals surface area contributed by atoms with E-state index in [1.807, 2.05) is 6.92 Å². The molecule has 2 heterocycles. The Labute approximate surface area is 130 Å². The number of benzene rings is 1. The van der Waals surface area contributed by atoms with Crippen molar-refractivity contribution in [2.24, 2.45) is 5.73 Å². The number of ether oxygens (including phenoxy) is 1. The average molecular weight is 318 g/mol. The van der Waals surface area contributed by atoms with Gasteiger partial charge in [-0.2, -0.15) is 0 Å². The van der Waals surface area contributed by atoms with Crippen LogP contribution in [0.1, 0.15) is 29.4 Å². The van der Waals surface area contributed by atoms with Crippen molar-refractivity contribution in [1.82, 2.24) is 4.98 Å². The molecule has 1 aliphatic heterocycles. The summed E-state index contributed by atoms with van der Waals surface area (Å²) >= 11 is 0. The van der Waals surface area contributed by atoms with Gasteiger partial charge in [0.05, 0.1) is 6.10 Å². The summed E-state index contributed by atoms with van der Waals surface area (Å²) in [6.07, 6.45) is 1.55. The molecule has 4 nitrogen and oxygen atoms in total. The summed E-state index contributed by atoms with van der Waals surface area (Å²) in [5, 5.41) is 0.754. The summed E-state index contributed by atoms with van der Waals surface area (Å²) in [4.78, 5) is 15.7. The van der Waals surface area contributed by atoms with E-state index in [1.165, 1.54) is 6.07 Å². The number of nitrogens with zero attached hydrogens (tertiary/aromatic N) is 1. The number of primary amides is 1. The second-order valence-corrected chi connectivity index (χ2v) is 6.08. The lowest BCUT2D eigenvalue weighted by Crippen LogP contribution is -2.23. The van der Waals surface area contributed by atoms with E-state index < -0.39 is 5.91 Å². The lowest BCUT2D eigenvalue weighted by atomic mass is 9.94. The number of aromatic nitrogens is 1. The highest BCUT2D eigenvalue weighted by Crippen LogP contribution is 2.36. The standard InChI is InChI=1S/C16H16FN2O2P/c1-8-2-4-11-12(10-5-3-9(22)6-13(10)17)7-14(15(18)20)19-16(11)21-8/h3,5-8H,2,4,22H2,1H3,(H2,18,20). The molecule has 2 unspecified atom stereocenters. The van der Waals surface area contributed by atoms with Crippen LogP contribution in [-0.2, 0) is 6.42 Å². The van der Waals surface area contributed by atoms with Crippen LogP contribution >= 0.6 is 9.24 Å². The summed E-state index contributed by atoms with van der Waals surface area (Å²) < 4.78 is 20.0. The first-order chi connectivity index (χ1) is 10.5. The van der Waals surface area contributed by atoms with Crippen molar-refractivity contribution in [3.63, 3.8) is 0 Å². The maximum absolute atomic E-state index is 14.3. The van der Waals surface area contributed by atoms with Gasteiger partial charge in [0.1, 0.15) is 11.5 Å². The SMILES string of the molecule is CC1CCc2c(-c3ccc(P)cc3F)cc(C(N)=O)nc2O1. The zero-order valence-corrected chi connectivity index (χ0v) is 13.3. The number of carbonyl (C=O) groups excluding carboxylic acids is 1. The summed E-state index contributed by atoms with van der Waals surface area (Å²) in [5.74, 6) is -0.636. The van der Waals surface area contributed by atoms with Crippen molar-refractivity contribution in [2.75, 3.05) is 0 Å².